The molecule has 1 radical (unpaired) electrons. The Kier molecular flexibility index (Phi) is 3.08. The van der Waals surface area contributed by atoms with Gasteiger partial charge in [-0.15, -0.1) is 24.3 Å². The Hall–Kier alpha value is -1.18. The molecule has 0 saturated heterocycles. The van der Waals surface area contributed by atoms with Crippen molar-refractivity contribution in [2.45, 2.75) is 13.5 Å². The van der Waals surface area contributed by atoms with Gasteiger partial charge in [0, 0.05) is 43.9 Å². The summed E-state index contributed by atoms with van der Waals surface area (Å²) in [5.74, 6) is 0. The van der Waals surface area contributed by atoms with Gasteiger partial charge in [-0.2, -0.15) is 0 Å². The number of hydrogen-bond acceptors (Lipinski definition) is 1. The van der Waals surface area contributed by atoms with E-state index in [1.54, 1.807) is 0 Å². The van der Waals surface area contributed by atoms with Gasteiger partial charge in [0.25, 0.3) is 0 Å². The summed E-state index contributed by atoms with van der Waals surface area (Å²) in [6.07, 6.45) is 1.84. The zero-order valence-corrected chi connectivity index (χ0v) is 11.3. The van der Waals surface area contributed by atoms with Crippen LogP contribution >= 0.6 is 0 Å². The van der Waals surface area contributed by atoms with Crippen LogP contribution in [-0.2, 0) is 26.7 Å². The molecular formula is C13H11IrN2-. The summed E-state index contributed by atoms with van der Waals surface area (Å²) in [4.78, 5) is 4.43. The van der Waals surface area contributed by atoms with Crippen LogP contribution in [0.3, 0.4) is 0 Å². The summed E-state index contributed by atoms with van der Waals surface area (Å²) in [6.45, 7) is 3.11. The van der Waals surface area contributed by atoms with Crippen molar-refractivity contribution in [2.75, 3.05) is 0 Å². The van der Waals surface area contributed by atoms with Gasteiger partial charge in [0.15, 0.2) is 0 Å². The standard InChI is InChI=1S/C13H11N2.Ir/c1-2-15-11-7-4-3-6-10(11)13-12(15)8-5-9-14-13;/h3-5,7-9H,2H2,1H3;/q-1;. The fraction of sp³-hybridized carbons (Fsp3) is 0.154. The van der Waals surface area contributed by atoms with E-state index in [0.717, 1.165) is 17.4 Å². The van der Waals surface area contributed by atoms with E-state index in [1.165, 1.54) is 11.0 Å². The largest absolute Gasteiger partial charge is 0.388 e. The van der Waals surface area contributed by atoms with Crippen molar-refractivity contribution in [3.8, 4) is 0 Å². The molecule has 2 aromatic heterocycles. The van der Waals surface area contributed by atoms with Crippen molar-refractivity contribution in [3.05, 3.63) is 42.6 Å². The van der Waals surface area contributed by atoms with Gasteiger partial charge in [0.05, 0.1) is 0 Å². The van der Waals surface area contributed by atoms with E-state index in [0.29, 0.717) is 0 Å². The van der Waals surface area contributed by atoms with Crippen LogP contribution in [0.15, 0.2) is 36.5 Å². The van der Waals surface area contributed by atoms with E-state index in [9.17, 15) is 0 Å². The van der Waals surface area contributed by atoms with Crippen molar-refractivity contribution in [2.24, 2.45) is 0 Å². The minimum atomic E-state index is 0. The van der Waals surface area contributed by atoms with Crippen molar-refractivity contribution in [1.82, 2.24) is 9.55 Å². The summed E-state index contributed by atoms with van der Waals surface area (Å²) in [5, 5.41) is 1.12. The Morgan fingerprint density at radius 3 is 2.88 bits per heavy atom. The Balaban J connectivity index is 0.000000963. The number of benzene rings is 1. The molecule has 0 saturated carbocycles. The molecule has 0 aliphatic heterocycles. The molecule has 0 unspecified atom stereocenters. The van der Waals surface area contributed by atoms with Crippen molar-refractivity contribution in [1.29, 1.82) is 0 Å². The number of nitrogens with zero attached hydrogens (tertiary/aromatic N) is 2. The molecule has 0 fully saturated rings. The summed E-state index contributed by atoms with van der Waals surface area (Å²) >= 11 is 0. The van der Waals surface area contributed by atoms with Gasteiger partial charge in [-0.25, -0.2) is 0 Å². The molecule has 0 N–H and O–H groups in total. The Morgan fingerprint density at radius 2 is 2.06 bits per heavy atom. The van der Waals surface area contributed by atoms with Crippen LogP contribution in [-0.4, -0.2) is 9.55 Å². The molecular weight excluding hydrogens is 376 g/mol. The molecule has 0 spiro atoms. The number of fused-ring (bicyclic) bond motifs is 3. The first kappa shape index (κ1) is 11.3. The number of aryl methyl sites for hydroxylation is 1. The topological polar surface area (TPSA) is 17.8 Å². The van der Waals surface area contributed by atoms with E-state index < -0.39 is 0 Å². The molecule has 0 atom stereocenters. The molecule has 2 nitrogen and oxygen atoms in total. The molecule has 0 aliphatic carbocycles. The van der Waals surface area contributed by atoms with E-state index in [4.69, 9.17) is 0 Å². The maximum absolute atomic E-state index is 4.43. The predicted molar refractivity (Wildman–Crippen MR) is 61.7 cm³/mol. The van der Waals surface area contributed by atoms with Gasteiger partial charge < -0.3 is 9.55 Å². The first-order valence-corrected chi connectivity index (χ1v) is 5.15. The maximum Gasteiger partial charge on any atom is 0.0162 e. The molecule has 0 amide bonds. The number of aromatic nitrogens is 2. The van der Waals surface area contributed by atoms with Crippen LogP contribution in [0, 0.1) is 6.07 Å². The minimum Gasteiger partial charge on any atom is -0.388 e. The van der Waals surface area contributed by atoms with Gasteiger partial charge in [0.2, 0.25) is 0 Å². The zero-order chi connectivity index (χ0) is 10.3. The third-order valence-corrected chi connectivity index (χ3v) is 2.76. The van der Waals surface area contributed by atoms with Crippen LogP contribution in [0.1, 0.15) is 6.92 Å². The molecule has 3 heteroatoms. The summed E-state index contributed by atoms with van der Waals surface area (Å²) in [7, 11) is 0. The average molecular weight is 387 g/mol. The normalized spacial score (nSPS) is 10.6. The van der Waals surface area contributed by atoms with Crippen molar-refractivity contribution >= 4 is 21.9 Å². The monoisotopic (exact) mass is 388 g/mol. The minimum absolute atomic E-state index is 0. The Bertz CT molecular complexity index is 575. The predicted octanol–water partition coefficient (Wildman–Crippen LogP) is 3.01. The van der Waals surface area contributed by atoms with E-state index in [2.05, 4.69) is 34.7 Å². The van der Waals surface area contributed by atoms with E-state index in [-0.39, 0.29) is 20.1 Å². The number of pyridine rings is 1. The van der Waals surface area contributed by atoms with Gasteiger partial charge in [-0.1, -0.05) is 5.39 Å². The second kappa shape index (κ2) is 4.36. The molecule has 0 aliphatic rings. The summed E-state index contributed by atoms with van der Waals surface area (Å²) < 4.78 is 2.27. The first-order valence-electron chi connectivity index (χ1n) is 5.15. The van der Waals surface area contributed by atoms with Gasteiger partial charge in [-0.3, -0.25) is 0 Å². The van der Waals surface area contributed by atoms with Crippen LogP contribution in [0.25, 0.3) is 21.9 Å². The first-order chi connectivity index (χ1) is 7.42. The second-order valence-electron chi connectivity index (χ2n) is 3.55. The SMILES string of the molecule is CCn1c2ccc[c-]c2c2ncccc21.[Ir]. The Labute approximate surface area is 108 Å². The van der Waals surface area contributed by atoms with Gasteiger partial charge in [0.1, 0.15) is 0 Å². The van der Waals surface area contributed by atoms with Gasteiger partial charge >= 0.3 is 0 Å². The molecule has 1 aromatic carbocycles. The molecule has 0 bridgehead atoms. The van der Waals surface area contributed by atoms with Gasteiger partial charge in [-0.05, 0) is 24.6 Å². The second-order valence-corrected chi connectivity index (χ2v) is 3.55. The third kappa shape index (κ3) is 1.48. The summed E-state index contributed by atoms with van der Waals surface area (Å²) in [5.41, 5.74) is 3.46. The maximum atomic E-state index is 4.43. The number of rotatable bonds is 1. The van der Waals surface area contributed by atoms with Crippen LogP contribution in [0.5, 0.6) is 0 Å². The molecule has 83 valence electrons. The van der Waals surface area contributed by atoms with Crippen molar-refractivity contribution < 1.29 is 20.1 Å². The smallest absolute Gasteiger partial charge is 0.0162 e. The zero-order valence-electron chi connectivity index (χ0n) is 8.90. The fourth-order valence-corrected chi connectivity index (χ4v) is 2.12. The molecule has 2 heterocycles. The summed E-state index contributed by atoms with van der Waals surface area (Å²) in [6, 6.07) is 13.4. The molecule has 3 aromatic rings. The van der Waals surface area contributed by atoms with Crippen molar-refractivity contribution in [3.63, 3.8) is 0 Å². The third-order valence-electron chi connectivity index (χ3n) is 2.76. The van der Waals surface area contributed by atoms with Crippen LogP contribution in [0.4, 0.5) is 0 Å². The quantitative estimate of drug-likeness (QED) is 0.587. The van der Waals surface area contributed by atoms with Crippen LogP contribution in [0.2, 0.25) is 0 Å². The van der Waals surface area contributed by atoms with E-state index in [1.807, 2.05) is 24.4 Å². The number of hydrogen-bond donors (Lipinski definition) is 0. The molecule has 3 rings (SSSR count). The molecule has 16 heavy (non-hydrogen) atoms. The van der Waals surface area contributed by atoms with Crippen LogP contribution < -0.4 is 0 Å². The Morgan fingerprint density at radius 1 is 1.25 bits per heavy atom. The van der Waals surface area contributed by atoms with E-state index >= 15 is 0 Å². The average Bonchev–Trinajstić information content (AvgIpc) is 2.63. The fourth-order valence-electron chi connectivity index (χ4n) is 2.12.